The van der Waals surface area contributed by atoms with Crippen LogP contribution in [0.5, 0.6) is 0 Å². The molecule has 0 saturated carbocycles. The van der Waals surface area contributed by atoms with Gasteiger partial charge in [-0.15, -0.1) is 0 Å². The molecule has 4 heteroatoms. The fourth-order valence-electron chi connectivity index (χ4n) is 3.45. The van der Waals surface area contributed by atoms with Crippen LogP contribution in [0.15, 0.2) is 62.7 Å². The van der Waals surface area contributed by atoms with Gasteiger partial charge in [-0.25, -0.2) is 0 Å². The van der Waals surface area contributed by atoms with Gasteiger partial charge < -0.3 is 9.73 Å². The van der Waals surface area contributed by atoms with Crippen LogP contribution in [-0.2, 0) is 0 Å². The van der Waals surface area contributed by atoms with Crippen LogP contribution in [0.2, 0.25) is 0 Å². The molecule has 5 rings (SSSR count). The molecule has 1 aromatic heterocycles. The van der Waals surface area contributed by atoms with Crippen molar-refractivity contribution in [2.75, 3.05) is 5.32 Å². The molecule has 126 valence electrons. The number of hydrogen-bond acceptors (Lipinski definition) is 4. The van der Waals surface area contributed by atoms with Crippen molar-refractivity contribution in [3.8, 4) is 0 Å². The summed E-state index contributed by atoms with van der Waals surface area (Å²) in [7, 11) is 0. The van der Waals surface area contributed by atoms with Crippen LogP contribution in [0.4, 0.5) is 17.3 Å². The largest absolute Gasteiger partial charge is 0.439 e. The monoisotopic (exact) mass is 340 g/mol. The first-order valence-corrected chi connectivity index (χ1v) is 8.53. The number of fused-ring (bicyclic) bond motifs is 5. The van der Waals surface area contributed by atoms with Gasteiger partial charge in [-0.1, -0.05) is 30.3 Å². The lowest BCUT2D eigenvalue weighted by Gasteiger charge is -2.11. The van der Waals surface area contributed by atoms with Gasteiger partial charge in [0.15, 0.2) is 0 Å². The van der Waals surface area contributed by atoms with E-state index in [1.807, 2.05) is 55.5 Å². The maximum absolute atomic E-state index is 13.2. The maximum Gasteiger partial charge on any atom is 0.210 e. The van der Waals surface area contributed by atoms with Crippen molar-refractivity contribution in [1.82, 2.24) is 0 Å². The Hall–Kier alpha value is -3.40. The van der Waals surface area contributed by atoms with Crippen molar-refractivity contribution >= 4 is 45.2 Å². The fraction of sp³-hybridized carbons (Fsp3) is 0.0909. The third-order valence-corrected chi connectivity index (χ3v) is 5.01. The molecule has 2 heterocycles. The summed E-state index contributed by atoms with van der Waals surface area (Å²) in [5.41, 5.74) is 4.89. The van der Waals surface area contributed by atoms with Gasteiger partial charge in [-0.2, -0.15) is 0 Å². The van der Waals surface area contributed by atoms with Crippen LogP contribution in [0.1, 0.15) is 16.7 Å². The Kier molecular flexibility index (Phi) is 3.04. The van der Waals surface area contributed by atoms with Crippen molar-refractivity contribution in [3.63, 3.8) is 0 Å². The Morgan fingerprint density at radius 1 is 1.00 bits per heavy atom. The summed E-state index contributed by atoms with van der Waals surface area (Å²) in [4.78, 5) is 17.8. The van der Waals surface area contributed by atoms with Gasteiger partial charge in [0.2, 0.25) is 11.3 Å². The standard InChI is InChI=1S/C22H16N2O2/c1-12-9-17-18(10-13(12)2)24-22-16(11-23-17)21(25)20-15-6-4-3-5-14(15)7-8-19(20)26-22/h3-11,24H,1-2H3. The van der Waals surface area contributed by atoms with Gasteiger partial charge in [-0.05, 0) is 53.9 Å². The van der Waals surface area contributed by atoms with E-state index in [-0.39, 0.29) is 5.43 Å². The van der Waals surface area contributed by atoms with Crippen LogP contribution in [-0.4, -0.2) is 6.21 Å². The fourth-order valence-corrected chi connectivity index (χ4v) is 3.45. The third kappa shape index (κ3) is 2.09. The highest BCUT2D eigenvalue weighted by Crippen LogP contribution is 2.35. The van der Waals surface area contributed by atoms with Crippen molar-refractivity contribution in [2.45, 2.75) is 13.8 Å². The lowest BCUT2D eigenvalue weighted by molar-refractivity contribution is 0.622. The number of benzene rings is 3. The number of aryl methyl sites for hydroxylation is 2. The summed E-state index contributed by atoms with van der Waals surface area (Å²) in [6.07, 6.45) is 1.61. The smallest absolute Gasteiger partial charge is 0.210 e. The Morgan fingerprint density at radius 3 is 2.69 bits per heavy atom. The van der Waals surface area contributed by atoms with Crippen molar-refractivity contribution in [2.24, 2.45) is 4.99 Å². The molecule has 4 aromatic rings. The van der Waals surface area contributed by atoms with E-state index in [2.05, 4.69) is 17.2 Å². The first-order chi connectivity index (χ1) is 12.6. The SMILES string of the molecule is Cc1cc2c(cc1C)Nc1oc3ccc4ccccc4c3c(=O)c1C=N2. The quantitative estimate of drug-likeness (QED) is 0.386. The number of nitrogens with zero attached hydrogens (tertiary/aromatic N) is 1. The number of anilines is 2. The first-order valence-electron chi connectivity index (χ1n) is 8.53. The summed E-state index contributed by atoms with van der Waals surface area (Å²) in [6, 6.07) is 15.7. The molecule has 1 aliphatic rings. The molecule has 1 aliphatic heterocycles. The highest BCUT2D eigenvalue weighted by Gasteiger charge is 2.19. The van der Waals surface area contributed by atoms with Gasteiger partial charge >= 0.3 is 0 Å². The van der Waals surface area contributed by atoms with E-state index in [1.54, 1.807) is 6.21 Å². The van der Waals surface area contributed by atoms with Crippen LogP contribution in [0.25, 0.3) is 21.7 Å². The number of hydrogen-bond donors (Lipinski definition) is 1. The second-order valence-electron chi connectivity index (χ2n) is 6.67. The minimum absolute atomic E-state index is 0.0736. The topological polar surface area (TPSA) is 54.6 Å². The van der Waals surface area contributed by atoms with Crippen molar-refractivity contribution < 1.29 is 4.42 Å². The third-order valence-electron chi connectivity index (χ3n) is 5.01. The van der Waals surface area contributed by atoms with E-state index < -0.39 is 0 Å². The van der Waals surface area contributed by atoms with E-state index >= 15 is 0 Å². The van der Waals surface area contributed by atoms with E-state index in [0.717, 1.165) is 33.3 Å². The molecule has 0 atom stereocenters. The molecule has 0 unspecified atom stereocenters. The molecule has 0 fully saturated rings. The highest BCUT2D eigenvalue weighted by molar-refractivity contribution is 6.08. The zero-order valence-corrected chi connectivity index (χ0v) is 14.5. The van der Waals surface area contributed by atoms with Crippen LogP contribution in [0, 0.1) is 13.8 Å². The zero-order chi connectivity index (χ0) is 17.8. The average molecular weight is 340 g/mol. The van der Waals surface area contributed by atoms with E-state index in [4.69, 9.17) is 4.42 Å². The molecule has 0 aliphatic carbocycles. The van der Waals surface area contributed by atoms with Gasteiger partial charge in [0.25, 0.3) is 0 Å². The molecule has 0 amide bonds. The van der Waals surface area contributed by atoms with E-state index in [1.165, 1.54) is 0 Å². The Labute approximate surface area is 149 Å². The molecule has 0 spiro atoms. The minimum atomic E-state index is -0.0736. The summed E-state index contributed by atoms with van der Waals surface area (Å²) < 4.78 is 6.08. The summed E-state index contributed by atoms with van der Waals surface area (Å²) in [5, 5.41) is 5.76. The molecule has 1 N–H and O–H groups in total. The van der Waals surface area contributed by atoms with Gasteiger partial charge in [-0.3, -0.25) is 9.79 Å². The zero-order valence-electron chi connectivity index (χ0n) is 14.5. The van der Waals surface area contributed by atoms with E-state index in [9.17, 15) is 4.79 Å². The minimum Gasteiger partial charge on any atom is -0.439 e. The Morgan fingerprint density at radius 2 is 1.81 bits per heavy atom. The van der Waals surface area contributed by atoms with Gasteiger partial charge in [0.1, 0.15) is 11.1 Å². The predicted molar refractivity (Wildman–Crippen MR) is 106 cm³/mol. The second-order valence-corrected chi connectivity index (χ2v) is 6.67. The first kappa shape index (κ1) is 14.9. The molecular formula is C22H16N2O2. The van der Waals surface area contributed by atoms with Gasteiger partial charge in [0, 0.05) is 6.21 Å². The Balaban J connectivity index is 1.84. The molecule has 0 saturated heterocycles. The number of rotatable bonds is 0. The molecule has 26 heavy (non-hydrogen) atoms. The lowest BCUT2D eigenvalue weighted by Crippen LogP contribution is -2.11. The highest BCUT2D eigenvalue weighted by atomic mass is 16.3. The molecular weight excluding hydrogens is 324 g/mol. The van der Waals surface area contributed by atoms with Crippen molar-refractivity contribution in [1.29, 1.82) is 0 Å². The normalized spacial score (nSPS) is 12.5. The van der Waals surface area contributed by atoms with E-state index in [0.29, 0.717) is 22.4 Å². The second kappa shape index (κ2) is 5.30. The number of nitrogens with one attached hydrogen (secondary N) is 1. The predicted octanol–water partition coefficient (Wildman–Crippen LogP) is 5.37. The van der Waals surface area contributed by atoms with Crippen LogP contribution >= 0.6 is 0 Å². The molecule has 0 radical (unpaired) electrons. The maximum atomic E-state index is 13.2. The summed E-state index contributed by atoms with van der Waals surface area (Å²) in [6.45, 7) is 4.10. The summed E-state index contributed by atoms with van der Waals surface area (Å²) in [5.74, 6) is 0.434. The van der Waals surface area contributed by atoms with Crippen LogP contribution < -0.4 is 10.7 Å². The lowest BCUT2D eigenvalue weighted by atomic mass is 10.0. The van der Waals surface area contributed by atoms with Gasteiger partial charge in [0.05, 0.1) is 16.8 Å². The summed E-state index contributed by atoms with van der Waals surface area (Å²) >= 11 is 0. The molecule has 4 nitrogen and oxygen atoms in total. The van der Waals surface area contributed by atoms with Crippen LogP contribution in [0.3, 0.4) is 0 Å². The Bertz CT molecular complexity index is 1300. The molecule has 0 bridgehead atoms. The number of aliphatic imine (C=N–C) groups is 1. The average Bonchev–Trinajstić information content (AvgIpc) is 2.81. The van der Waals surface area contributed by atoms with Crippen molar-refractivity contribution in [3.05, 3.63) is 75.4 Å². The molecule has 3 aromatic carbocycles.